The van der Waals surface area contributed by atoms with Gasteiger partial charge in [-0.15, -0.1) is 0 Å². The molecule has 0 aliphatic carbocycles. The maximum absolute atomic E-state index is 12.4. The average Bonchev–Trinajstić information content (AvgIpc) is 3.16. The first kappa shape index (κ1) is 26.2. The molecule has 0 aromatic heterocycles. The predicted octanol–water partition coefficient (Wildman–Crippen LogP) is 3.66. The maximum atomic E-state index is 12.4. The normalized spacial score (nSPS) is 13.9. The molecule has 1 aromatic rings. The summed E-state index contributed by atoms with van der Waals surface area (Å²) in [6.45, 7) is 8.02. The molecule has 1 heterocycles. The first-order chi connectivity index (χ1) is 15.6. The number of esters is 2. The molecule has 1 aliphatic rings. The fraction of sp³-hybridized carbons (Fsp3) is 0.560. The fourth-order valence-electron chi connectivity index (χ4n) is 4.02. The van der Waals surface area contributed by atoms with E-state index in [0.29, 0.717) is 36.3 Å². The number of cyclic esters (lactones) is 1. The molecule has 33 heavy (non-hydrogen) atoms. The monoisotopic (exact) mass is 461 g/mol. The Bertz CT molecular complexity index is 933. The lowest BCUT2D eigenvalue weighted by molar-refractivity contribution is -0.145. The van der Waals surface area contributed by atoms with E-state index in [0.717, 1.165) is 22.3 Å². The Morgan fingerprint density at radius 2 is 1.79 bits per heavy atom. The van der Waals surface area contributed by atoms with Crippen molar-refractivity contribution < 1.29 is 33.3 Å². The highest BCUT2D eigenvalue weighted by atomic mass is 16.5. The van der Waals surface area contributed by atoms with Crippen LogP contribution >= 0.6 is 0 Å². The summed E-state index contributed by atoms with van der Waals surface area (Å²) < 4.78 is 21.2. The van der Waals surface area contributed by atoms with Crippen molar-refractivity contribution in [3.8, 4) is 11.5 Å². The van der Waals surface area contributed by atoms with Crippen molar-refractivity contribution in [1.82, 2.24) is 5.32 Å². The number of nitrogens with one attached hydrogen (secondary N) is 1. The highest BCUT2D eigenvalue weighted by Gasteiger charge is 2.32. The zero-order valence-electron chi connectivity index (χ0n) is 20.6. The molecule has 1 atom stereocenters. The minimum atomic E-state index is -0.644. The van der Waals surface area contributed by atoms with Crippen LogP contribution in [0, 0.1) is 12.8 Å². The lowest BCUT2D eigenvalue weighted by atomic mass is 9.94. The number of fused-ring (bicyclic) bond motifs is 1. The summed E-state index contributed by atoms with van der Waals surface area (Å²) in [5.41, 5.74) is 3.86. The first-order valence-corrected chi connectivity index (χ1v) is 11.1. The van der Waals surface area contributed by atoms with Gasteiger partial charge in [0.1, 0.15) is 29.7 Å². The van der Waals surface area contributed by atoms with Crippen molar-refractivity contribution in [2.75, 3.05) is 21.3 Å². The molecular weight excluding hydrogens is 426 g/mol. The van der Waals surface area contributed by atoms with Crippen molar-refractivity contribution in [3.63, 3.8) is 0 Å². The summed E-state index contributed by atoms with van der Waals surface area (Å²) in [6, 6.07) is -0.644. The van der Waals surface area contributed by atoms with Crippen LogP contribution in [-0.4, -0.2) is 45.2 Å². The number of hydrogen-bond acceptors (Lipinski definition) is 7. The number of carbonyl (C=O) groups is 3. The molecule has 0 saturated heterocycles. The second kappa shape index (κ2) is 11.7. The molecule has 182 valence electrons. The molecule has 8 heteroatoms. The quantitative estimate of drug-likeness (QED) is 0.396. The number of rotatable bonds is 11. The molecular formula is C25H35NO7. The van der Waals surface area contributed by atoms with Crippen LogP contribution in [0.25, 0.3) is 0 Å². The molecule has 1 N–H and O–H groups in total. The first-order valence-electron chi connectivity index (χ1n) is 11.1. The van der Waals surface area contributed by atoms with Crippen LogP contribution < -0.4 is 14.8 Å². The van der Waals surface area contributed by atoms with Gasteiger partial charge in [0, 0.05) is 17.5 Å². The molecule has 0 bridgehead atoms. The van der Waals surface area contributed by atoms with E-state index in [1.54, 1.807) is 7.11 Å². The van der Waals surface area contributed by atoms with Crippen LogP contribution in [-0.2, 0) is 32.1 Å². The Morgan fingerprint density at radius 3 is 2.36 bits per heavy atom. The number of methoxy groups -OCH3 is 3. The van der Waals surface area contributed by atoms with E-state index in [-0.39, 0.29) is 24.9 Å². The zero-order valence-corrected chi connectivity index (χ0v) is 20.6. The number of amides is 1. The van der Waals surface area contributed by atoms with Gasteiger partial charge in [-0.05, 0) is 44.6 Å². The van der Waals surface area contributed by atoms with Gasteiger partial charge in [0.25, 0.3) is 0 Å². The molecule has 0 spiro atoms. The van der Waals surface area contributed by atoms with E-state index < -0.39 is 18.0 Å². The third kappa shape index (κ3) is 6.27. The number of benzene rings is 1. The summed E-state index contributed by atoms with van der Waals surface area (Å²) in [4.78, 5) is 36.6. The van der Waals surface area contributed by atoms with Crippen LogP contribution in [0.3, 0.4) is 0 Å². The molecule has 0 radical (unpaired) electrons. The van der Waals surface area contributed by atoms with Crippen LogP contribution in [0.5, 0.6) is 11.5 Å². The molecule has 1 amide bonds. The van der Waals surface area contributed by atoms with Crippen molar-refractivity contribution >= 4 is 17.8 Å². The van der Waals surface area contributed by atoms with Crippen LogP contribution in [0.1, 0.15) is 67.1 Å². The zero-order chi connectivity index (χ0) is 24.7. The number of hydrogen-bond donors (Lipinski definition) is 1. The molecule has 0 fully saturated rings. The van der Waals surface area contributed by atoms with E-state index in [4.69, 9.17) is 18.9 Å². The molecule has 1 aliphatic heterocycles. The molecule has 2 rings (SSSR count). The predicted molar refractivity (Wildman–Crippen MR) is 123 cm³/mol. The van der Waals surface area contributed by atoms with Gasteiger partial charge in [-0.3, -0.25) is 4.79 Å². The maximum Gasteiger partial charge on any atom is 0.342 e. The smallest absolute Gasteiger partial charge is 0.342 e. The van der Waals surface area contributed by atoms with E-state index in [2.05, 4.69) is 5.32 Å². The summed E-state index contributed by atoms with van der Waals surface area (Å²) >= 11 is 0. The van der Waals surface area contributed by atoms with Gasteiger partial charge in [0.15, 0.2) is 0 Å². The van der Waals surface area contributed by atoms with Gasteiger partial charge in [0.2, 0.25) is 5.91 Å². The van der Waals surface area contributed by atoms with Crippen LogP contribution in [0.15, 0.2) is 11.6 Å². The summed E-state index contributed by atoms with van der Waals surface area (Å²) in [7, 11) is 4.43. The second-order valence-electron chi connectivity index (χ2n) is 8.63. The van der Waals surface area contributed by atoms with Gasteiger partial charge in [-0.2, -0.15) is 0 Å². The Morgan fingerprint density at radius 1 is 1.12 bits per heavy atom. The number of carbonyl (C=O) groups excluding carboxylic acids is 3. The van der Waals surface area contributed by atoms with E-state index in [9.17, 15) is 14.4 Å². The largest absolute Gasteiger partial charge is 0.496 e. The topological polar surface area (TPSA) is 100 Å². The van der Waals surface area contributed by atoms with Gasteiger partial charge in [0.05, 0.1) is 21.3 Å². The standard InChI is InChI=1S/C25H35NO7/c1-14(2)12-19(24(28)32-7)26-20(27)11-9-15(3)8-10-17-22(30-5)16(4)18-13-33-25(29)21(18)23(17)31-6/h8,14,19H,9-13H2,1-7H3,(H,26,27)/b15-8+/t19-/m0/s1. The summed E-state index contributed by atoms with van der Waals surface area (Å²) in [5, 5.41) is 2.77. The number of allylic oxidation sites excluding steroid dienone is 2. The Labute approximate surface area is 195 Å². The highest BCUT2D eigenvalue weighted by molar-refractivity contribution is 5.98. The van der Waals surface area contributed by atoms with Crippen LogP contribution in [0.4, 0.5) is 0 Å². The summed E-state index contributed by atoms with van der Waals surface area (Å²) in [6.07, 6.45) is 3.76. The van der Waals surface area contributed by atoms with E-state index in [1.165, 1.54) is 14.2 Å². The van der Waals surface area contributed by atoms with Gasteiger partial charge in [-0.25, -0.2) is 9.59 Å². The minimum Gasteiger partial charge on any atom is -0.496 e. The van der Waals surface area contributed by atoms with Gasteiger partial charge >= 0.3 is 11.9 Å². The second-order valence-corrected chi connectivity index (χ2v) is 8.63. The lowest BCUT2D eigenvalue weighted by Crippen LogP contribution is -2.42. The van der Waals surface area contributed by atoms with E-state index >= 15 is 0 Å². The minimum absolute atomic E-state index is 0.204. The molecule has 0 unspecified atom stereocenters. The molecule has 1 aromatic carbocycles. The van der Waals surface area contributed by atoms with E-state index in [1.807, 2.05) is 33.8 Å². The van der Waals surface area contributed by atoms with Crippen LogP contribution in [0.2, 0.25) is 0 Å². The third-order valence-electron chi connectivity index (χ3n) is 5.76. The lowest BCUT2D eigenvalue weighted by Gasteiger charge is -2.18. The van der Waals surface area contributed by atoms with Crippen molar-refractivity contribution in [2.24, 2.45) is 5.92 Å². The Balaban J connectivity index is 2.12. The van der Waals surface area contributed by atoms with Crippen molar-refractivity contribution in [2.45, 2.75) is 66.0 Å². The Hall–Kier alpha value is -3.03. The van der Waals surface area contributed by atoms with Crippen molar-refractivity contribution in [3.05, 3.63) is 33.9 Å². The fourth-order valence-corrected chi connectivity index (χ4v) is 4.02. The van der Waals surface area contributed by atoms with Gasteiger partial charge in [-0.1, -0.05) is 25.5 Å². The summed E-state index contributed by atoms with van der Waals surface area (Å²) in [5.74, 6) is 0.340. The van der Waals surface area contributed by atoms with Crippen molar-refractivity contribution in [1.29, 1.82) is 0 Å². The Kier molecular flexibility index (Phi) is 9.32. The molecule has 0 saturated carbocycles. The van der Waals surface area contributed by atoms with Gasteiger partial charge < -0.3 is 24.3 Å². The average molecular weight is 462 g/mol. The molecule has 8 nitrogen and oxygen atoms in total. The highest BCUT2D eigenvalue weighted by Crippen LogP contribution is 2.42. The number of ether oxygens (including phenoxy) is 4. The third-order valence-corrected chi connectivity index (χ3v) is 5.76. The SMILES string of the molecule is COC(=O)[C@H](CC(C)C)NC(=O)CC/C(C)=C/Cc1c(OC)c(C)c2c(c1OC)C(=O)OC2.